The van der Waals surface area contributed by atoms with E-state index in [-0.39, 0.29) is 0 Å². The van der Waals surface area contributed by atoms with Crippen molar-refractivity contribution >= 4 is 15.9 Å². The highest BCUT2D eigenvalue weighted by atomic mass is 79.9. The quantitative estimate of drug-likeness (QED) is 0.707. The molecule has 3 rings (SSSR count). The number of nitrogens with zero attached hydrogens (tertiary/aromatic N) is 2. The molecule has 0 atom stereocenters. The van der Waals surface area contributed by atoms with Crippen LogP contribution in [0.4, 0.5) is 4.39 Å². The van der Waals surface area contributed by atoms with Crippen LogP contribution in [0.25, 0.3) is 22.6 Å². The van der Waals surface area contributed by atoms with Crippen LogP contribution in [0, 0.1) is 5.82 Å². The Kier molecular flexibility index (Phi) is 3.13. The van der Waals surface area contributed by atoms with E-state index >= 15 is 0 Å². The van der Waals surface area contributed by atoms with E-state index in [9.17, 15) is 4.39 Å². The molecule has 1 aromatic carbocycles. The van der Waals surface area contributed by atoms with Crippen LogP contribution in [0.5, 0.6) is 0 Å². The van der Waals surface area contributed by atoms with E-state index < -0.39 is 5.82 Å². The minimum absolute atomic E-state index is 0.398. The van der Waals surface area contributed by atoms with Gasteiger partial charge in [-0.2, -0.15) is 0 Å². The average Bonchev–Trinajstić information content (AvgIpc) is 2.89. The fourth-order valence-corrected chi connectivity index (χ4v) is 1.98. The van der Waals surface area contributed by atoms with Crippen molar-refractivity contribution < 1.29 is 8.91 Å². The van der Waals surface area contributed by atoms with Gasteiger partial charge in [-0.1, -0.05) is 33.2 Å². The third kappa shape index (κ3) is 2.56. The Morgan fingerprint density at radius 2 is 1.79 bits per heavy atom. The van der Waals surface area contributed by atoms with Gasteiger partial charge in [-0.3, -0.25) is 4.98 Å². The summed E-state index contributed by atoms with van der Waals surface area (Å²) in [6, 6.07) is 10.8. The molecule has 3 nitrogen and oxygen atoms in total. The lowest BCUT2D eigenvalue weighted by molar-refractivity contribution is 0.435. The lowest BCUT2D eigenvalue weighted by Gasteiger charge is -1.94. The largest absolute Gasteiger partial charge is 0.356 e. The van der Waals surface area contributed by atoms with Gasteiger partial charge in [0.25, 0.3) is 0 Å². The minimum Gasteiger partial charge on any atom is -0.356 e. The first-order chi connectivity index (χ1) is 9.22. The predicted molar refractivity (Wildman–Crippen MR) is 72.8 cm³/mol. The molecule has 0 amide bonds. The van der Waals surface area contributed by atoms with Crippen molar-refractivity contribution in [3.8, 4) is 22.6 Å². The standard InChI is InChI=1S/C14H8BrFN2O/c15-11-3-1-9(2-4-11)14-6-13(18-19-14)10-5-12(16)8-17-7-10/h1-8H. The highest BCUT2D eigenvalue weighted by molar-refractivity contribution is 9.10. The molecule has 0 fully saturated rings. The van der Waals surface area contributed by atoms with Crippen molar-refractivity contribution in [2.24, 2.45) is 0 Å². The maximum atomic E-state index is 13.1. The van der Waals surface area contributed by atoms with Gasteiger partial charge in [0, 0.05) is 27.9 Å². The molecule has 0 saturated carbocycles. The number of pyridine rings is 1. The van der Waals surface area contributed by atoms with Crippen molar-refractivity contribution in [1.82, 2.24) is 10.1 Å². The second-order valence-corrected chi connectivity index (χ2v) is 4.89. The van der Waals surface area contributed by atoms with Gasteiger partial charge in [-0.05, 0) is 18.2 Å². The van der Waals surface area contributed by atoms with Gasteiger partial charge in [-0.25, -0.2) is 4.39 Å². The maximum absolute atomic E-state index is 13.1. The Labute approximate surface area is 117 Å². The molecule has 0 bridgehead atoms. The van der Waals surface area contributed by atoms with Crippen LogP contribution in [0.3, 0.4) is 0 Å². The lowest BCUT2D eigenvalue weighted by atomic mass is 10.1. The Morgan fingerprint density at radius 1 is 1.00 bits per heavy atom. The Hall–Kier alpha value is -2.01. The van der Waals surface area contributed by atoms with Crippen molar-refractivity contribution in [1.29, 1.82) is 0 Å². The topological polar surface area (TPSA) is 38.9 Å². The molecule has 0 aliphatic rings. The second kappa shape index (κ2) is 4.93. The van der Waals surface area contributed by atoms with E-state index in [1.807, 2.05) is 24.3 Å². The SMILES string of the molecule is Fc1cncc(-c2cc(-c3ccc(Br)cc3)on2)c1. The fourth-order valence-electron chi connectivity index (χ4n) is 1.71. The van der Waals surface area contributed by atoms with Crippen LogP contribution < -0.4 is 0 Å². The molecule has 2 aromatic heterocycles. The fraction of sp³-hybridized carbons (Fsp3) is 0. The molecule has 0 saturated heterocycles. The zero-order valence-electron chi connectivity index (χ0n) is 9.68. The van der Waals surface area contributed by atoms with Crippen LogP contribution >= 0.6 is 15.9 Å². The van der Waals surface area contributed by atoms with Gasteiger partial charge in [0.2, 0.25) is 0 Å². The molecule has 19 heavy (non-hydrogen) atoms. The van der Waals surface area contributed by atoms with E-state index in [0.717, 1.165) is 16.2 Å². The molecule has 0 unspecified atom stereocenters. The second-order valence-electron chi connectivity index (χ2n) is 3.98. The van der Waals surface area contributed by atoms with E-state index in [1.54, 1.807) is 12.3 Å². The zero-order valence-corrected chi connectivity index (χ0v) is 11.3. The van der Waals surface area contributed by atoms with Crippen LogP contribution in [0.15, 0.2) is 57.8 Å². The van der Waals surface area contributed by atoms with Crippen molar-refractivity contribution in [2.45, 2.75) is 0 Å². The molecule has 5 heteroatoms. The molecular formula is C14H8BrFN2O. The summed E-state index contributed by atoms with van der Waals surface area (Å²) in [5.74, 6) is 0.234. The minimum atomic E-state index is -0.398. The summed E-state index contributed by atoms with van der Waals surface area (Å²) in [7, 11) is 0. The number of halogens is 2. The van der Waals surface area contributed by atoms with Gasteiger partial charge in [-0.15, -0.1) is 0 Å². The lowest BCUT2D eigenvalue weighted by Crippen LogP contribution is -1.82. The number of aromatic nitrogens is 2. The van der Waals surface area contributed by atoms with E-state index in [0.29, 0.717) is 17.0 Å². The van der Waals surface area contributed by atoms with Crippen molar-refractivity contribution in [2.75, 3.05) is 0 Å². The van der Waals surface area contributed by atoms with Crippen LogP contribution in [-0.2, 0) is 0 Å². The van der Waals surface area contributed by atoms with Gasteiger partial charge >= 0.3 is 0 Å². The molecule has 0 aliphatic heterocycles. The Morgan fingerprint density at radius 3 is 2.53 bits per heavy atom. The van der Waals surface area contributed by atoms with Crippen LogP contribution in [0.1, 0.15) is 0 Å². The summed E-state index contributed by atoms with van der Waals surface area (Å²) in [6.07, 6.45) is 2.70. The molecule has 2 heterocycles. The summed E-state index contributed by atoms with van der Waals surface area (Å²) < 4.78 is 19.4. The number of rotatable bonds is 2. The molecule has 0 spiro atoms. The molecule has 0 N–H and O–H groups in total. The van der Waals surface area contributed by atoms with Gasteiger partial charge in [0.1, 0.15) is 11.5 Å². The monoisotopic (exact) mass is 318 g/mol. The first kappa shape index (κ1) is 12.0. The zero-order chi connectivity index (χ0) is 13.2. The third-order valence-electron chi connectivity index (χ3n) is 2.64. The summed E-state index contributed by atoms with van der Waals surface area (Å²) in [5, 5.41) is 3.93. The normalized spacial score (nSPS) is 10.6. The van der Waals surface area contributed by atoms with Gasteiger partial charge < -0.3 is 4.52 Å². The van der Waals surface area contributed by atoms with Gasteiger partial charge in [0.05, 0.1) is 6.20 Å². The van der Waals surface area contributed by atoms with Crippen molar-refractivity contribution in [3.63, 3.8) is 0 Å². The van der Waals surface area contributed by atoms with Gasteiger partial charge in [0.15, 0.2) is 5.76 Å². The summed E-state index contributed by atoms with van der Waals surface area (Å²) in [5.41, 5.74) is 2.06. The summed E-state index contributed by atoms with van der Waals surface area (Å²) in [4.78, 5) is 3.79. The number of hydrogen-bond donors (Lipinski definition) is 0. The highest BCUT2D eigenvalue weighted by Crippen LogP contribution is 2.26. The first-order valence-corrected chi connectivity index (χ1v) is 6.35. The van der Waals surface area contributed by atoms with Crippen LogP contribution in [0.2, 0.25) is 0 Å². The Balaban J connectivity index is 1.97. The highest BCUT2D eigenvalue weighted by Gasteiger charge is 2.09. The van der Waals surface area contributed by atoms with E-state index in [4.69, 9.17) is 4.52 Å². The smallest absolute Gasteiger partial charge is 0.167 e. The van der Waals surface area contributed by atoms with E-state index in [2.05, 4.69) is 26.1 Å². The molecular weight excluding hydrogens is 311 g/mol. The molecule has 0 radical (unpaired) electrons. The summed E-state index contributed by atoms with van der Waals surface area (Å²) >= 11 is 3.37. The molecule has 3 aromatic rings. The molecule has 0 aliphatic carbocycles. The average molecular weight is 319 g/mol. The maximum Gasteiger partial charge on any atom is 0.167 e. The Bertz CT molecular complexity index is 709. The first-order valence-electron chi connectivity index (χ1n) is 5.56. The number of benzene rings is 1. The van der Waals surface area contributed by atoms with E-state index in [1.165, 1.54) is 6.07 Å². The van der Waals surface area contributed by atoms with Crippen molar-refractivity contribution in [3.05, 3.63) is 59.1 Å². The predicted octanol–water partition coefficient (Wildman–Crippen LogP) is 4.31. The third-order valence-corrected chi connectivity index (χ3v) is 3.17. The number of hydrogen-bond acceptors (Lipinski definition) is 3. The van der Waals surface area contributed by atoms with Crippen LogP contribution in [-0.4, -0.2) is 10.1 Å². The summed E-state index contributed by atoms with van der Waals surface area (Å²) in [6.45, 7) is 0. The molecule has 94 valence electrons.